The second-order valence-corrected chi connectivity index (χ2v) is 4.65. The van der Waals surface area contributed by atoms with Crippen molar-refractivity contribution in [1.82, 2.24) is 0 Å². The van der Waals surface area contributed by atoms with E-state index >= 15 is 0 Å². The van der Waals surface area contributed by atoms with E-state index in [2.05, 4.69) is 0 Å². The Morgan fingerprint density at radius 1 is 1.19 bits per heavy atom. The third-order valence-corrected chi connectivity index (χ3v) is 2.33. The van der Waals surface area contributed by atoms with Gasteiger partial charge < -0.3 is 19.7 Å². The predicted octanol–water partition coefficient (Wildman–Crippen LogP) is 2.29. The first kappa shape index (κ1) is 10.6. The number of phenols is 2. The van der Waals surface area contributed by atoms with Gasteiger partial charge in [0, 0.05) is 11.6 Å². The van der Waals surface area contributed by atoms with Crippen LogP contribution in [-0.2, 0) is 5.41 Å². The van der Waals surface area contributed by atoms with Gasteiger partial charge in [0.15, 0.2) is 11.5 Å². The van der Waals surface area contributed by atoms with Crippen LogP contribution < -0.4 is 9.47 Å². The largest absolute Gasteiger partial charge is 0.519 e. The lowest BCUT2D eigenvalue weighted by Gasteiger charge is -2.28. The van der Waals surface area contributed by atoms with E-state index in [1.54, 1.807) is 0 Å². The molecule has 0 aromatic heterocycles. The number of rotatable bonds is 0. The molecule has 0 atom stereocenters. The summed E-state index contributed by atoms with van der Waals surface area (Å²) in [6.45, 7) is 5.65. The molecule has 0 unspecified atom stereocenters. The van der Waals surface area contributed by atoms with Crippen molar-refractivity contribution in [3.63, 3.8) is 0 Å². The Labute approximate surface area is 92.2 Å². The third-order valence-electron chi connectivity index (χ3n) is 2.33. The van der Waals surface area contributed by atoms with Crippen molar-refractivity contribution >= 4 is 6.16 Å². The summed E-state index contributed by atoms with van der Waals surface area (Å²) in [7, 11) is 0. The van der Waals surface area contributed by atoms with Crippen LogP contribution in [-0.4, -0.2) is 16.4 Å². The number of phenolic OH excluding ortho intramolecular Hbond substituents is 2. The van der Waals surface area contributed by atoms with Crippen molar-refractivity contribution in [3.05, 3.63) is 11.6 Å². The van der Waals surface area contributed by atoms with Gasteiger partial charge in [0.1, 0.15) is 5.75 Å². The van der Waals surface area contributed by atoms with Crippen molar-refractivity contribution in [2.75, 3.05) is 0 Å². The third kappa shape index (κ3) is 1.44. The van der Waals surface area contributed by atoms with E-state index in [-0.39, 0.29) is 22.7 Å². The molecule has 0 saturated heterocycles. The second-order valence-electron chi connectivity index (χ2n) is 4.65. The monoisotopic (exact) mass is 224 g/mol. The molecule has 1 aromatic rings. The topological polar surface area (TPSA) is 76.0 Å². The molecule has 2 bridgehead atoms. The lowest BCUT2D eigenvalue weighted by molar-refractivity contribution is 0.139. The van der Waals surface area contributed by atoms with Crippen LogP contribution in [0, 0.1) is 0 Å². The van der Waals surface area contributed by atoms with Gasteiger partial charge in [-0.3, -0.25) is 0 Å². The Balaban J connectivity index is 2.75. The molecule has 0 aliphatic carbocycles. The van der Waals surface area contributed by atoms with Gasteiger partial charge in [-0.2, -0.15) is 0 Å². The van der Waals surface area contributed by atoms with Crippen molar-refractivity contribution < 1.29 is 24.5 Å². The van der Waals surface area contributed by atoms with Crippen molar-refractivity contribution in [1.29, 1.82) is 0 Å². The zero-order valence-electron chi connectivity index (χ0n) is 9.20. The van der Waals surface area contributed by atoms with Gasteiger partial charge in [0.2, 0.25) is 5.75 Å². The van der Waals surface area contributed by atoms with E-state index in [1.807, 2.05) is 20.8 Å². The molecule has 0 radical (unpaired) electrons. The van der Waals surface area contributed by atoms with Crippen LogP contribution in [0.2, 0.25) is 0 Å². The van der Waals surface area contributed by atoms with Crippen molar-refractivity contribution in [3.8, 4) is 23.0 Å². The highest BCUT2D eigenvalue weighted by Gasteiger charge is 2.35. The molecule has 1 heterocycles. The van der Waals surface area contributed by atoms with Gasteiger partial charge >= 0.3 is 6.16 Å². The summed E-state index contributed by atoms with van der Waals surface area (Å²) in [6.07, 6.45) is -0.909. The van der Waals surface area contributed by atoms with Gasteiger partial charge in [0.05, 0.1) is 0 Å². The predicted molar refractivity (Wildman–Crippen MR) is 55.1 cm³/mol. The zero-order chi connectivity index (χ0) is 12.1. The van der Waals surface area contributed by atoms with Crippen LogP contribution in [0.1, 0.15) is 26.3 Å². The van der Waals surface area contributed by atoms with Crippen LogP contribution in [0.15, 0.2) is 6.07 Å². The van der Waals surface area contributed by atoms with Crippen LogP contribution in [0.3, 0.4) is 0 Å². The van der Waals surface area contributed by atoms with Gasteiger partial charge in [-0.15, -0.1) is 0 Å². The Morgan fingerprint density at radius 2 is 1.81 bits per heavy atom. The maximum absolute atomic E-state index is 11.1. The molecule has 0 amide bonds. The normalized spacial score (nSPS) is 14.3. The highest BCUT2D eigenvalue weighted by Crippen LogP contribution is 2.50. The lowest BCUT2D eigenvalue weighted by Crippen LogP contribution is -2.25. The van der Waals surface area contributed by atoms with Crippen LogP contribution in [0.25, 0.3) is 0 Å². The standard InChI is InChI=1S/C11H12O5/c1-11(2,3)7-6-4-5(12)8(13)9(7)16-10(14)15-6/h4,12-13H,1-3H3. The SMILES string of the molecule is CC(C)(C)c1c2cc(O)c(O)c1OC(=O)O2. The molecule has 0 saturated carbocycles. The first-order valence-electron chi connectivity index (χ1n) is 4.80. The number of carbonyl (C=O) groups is 1. The summed E-state index contributed by atoms with van der Waals surface area (Å²) in [6, 6.07) is 1.21. The Bertz CT molecular complexity index is 470. The molecule has 5 heteroatoms. The van der Waals surface area contributed by atoms with Gasteiger partial charge in [-0.1, -0.05) is 20.8 Å². The first-order valence-corrected chi connectivity index (χ1v) is 4.80. The molecule has 16 heavy (non-hydrogen) atoms. The Hall–Kier alpha value is -1.91. The maximum Gasteiger partial charge on any atom is 0.519 e. The minimum Gasteiger partial charge on any atom is -0.504 e. The molecule has 1 aliphatic rings. The minimum absolute atomic E-state index is 0.0289. The molecule has 5 nitrogen and oxygen atoms in total. The van der Waals surface area contributed by atoms with E-state index < -0.39 is 11.9 Å². The van der Waals surface area contributed by atoms with E-state index in [0.717, 1.165) is 0 Å². The summed E-state index contributed by atoms with van der Waals surface area (Å²) in [5.41, 5.74) is 0.179. The number of benzene rings is 1. The van der Waals surface area contributed by atoms with Gasteiger partial charge in [0.25, 0.3) is 0 Å². The van der Waals surface area contributed by atoms with Crippen LogP contribution >= 0.6 is 0 Å². The van der Waals surface area contributed by atoms with E-state index in [0.29, 0.717) is 5.56 Å². The first-order chi connectivity index (χ1) is 7.30. The summed E-state index contributed by atoms with van der Waals surface area (Å²) >= 11 is 0. The van der Waals surface area contributed by atoms with Crippen molar-refractivity contribution in [2.24, 2.45) is 0 Å². The molecule has 0 fully saturated rings. The fourth-order valence-corrected chi connectivity index (χ4v) is 1.70. The molecular formula is C11H12O5. The number of aromatic hydroxyl groups is 2. The average Bonchev–Trinajstić information content (AvgIpc) is 2.11. The molecule has 2 N–H and O–H groups in total. The van der Waals surface area contributed by atoms with E-state index in [1.165, 1.54) is 6.07 Å². The second kappa shape index (κ2) is 3.04. The quantitative estimate of drug-likeness (QED) is 0.401. The molecule has 1 aromatic carbocycles. The molecule has 0 spiro atoms. The molecular weight excluding hydrogens is 212 g/mol. The number of fused-ring (bicyclic) bond motifs is 2. The summed E-state index contributed by atoms with van der Waals surface area (Å²) in [5.74, 6) is -0.622. The average molecular weight is 224 g/mol. The summed E-state index contributed by atoms with van der Waals surface area (Å²) in [4.78, 5) is 11.1. The van der Waals surface area contributed by atoms with Gasteiger partial charge in [-0.25, -0.2) is 4.79 Å². The minimum atomic E-state index is -0.909. The number of hydrogen-bond acceptors (Lipinski definition) is 5. The van der Waals surface area contributed by atoms with Gasteiger partial charge in [-0.05, 0) is 5.41 Å². The number of carbonyl (C=O) groups excluding carboxylic acids is 1. The summed E-state index contributed by atoms with van der Waals surface area (Å²) in [5, 5.41) is 19.0. The lowest BCUT2D eigenvalue weighted by atomic mass is 9.85. The van der Waals surface area contributed by atoms with Crippen LogP contribution in [0.5, 0.6) is 23.0 Å². The van der Waals surface area contributed by atoms with E-state index in [4.69, 9.17) is 9.47 Å². The smallest absolute Gasteiger partial charge is 0.504 e. The zero-order valence-corrected chi connectivity index (χ0v) is 9.20. The highest BCUT2D eigenvalue weighted by atomic mass is 16.7. The highest BCUT2D eigenvalue weighted by molar-refractivity contribution is 5.77. The Kier molecular flexibility index (Phi) is 2.01. The fraction of sp³-hybridized carbons (Fsp3) is 0.364. The number of hydrogen-bond donors (Lipinski definition) is 2. The van der Waals surface area contributed by atoms with E-state index in [9.17, 15) is 15.0 Å². The molecule has 2 rings (SSSR count). The molecule has 1 aliphatic heterocycles. The summed E-state index contributed by atoms with van der Waals surface area (Å²) < 4.78 is 9.64. The number of ether oxygens (including phenoxy) is 2. The Morgan fingerprint density at radius 3 is 2.38 bits per heavy atom. The molecule has 86 valence electrons. The van der Waals surface area contributed by atoms with Crippen LogP contribution in [0.4, 0.5) is 4.79 Å². The fourth-order valence-electron chi connectivity index (χ4n) is 1.70. The van der Waals surface area contributed by atoms with Crippen molar-refractivity contribution in [2.45, 2.75) is 26.2 Å². The maximum atomic E-state index is 11.1.